The fourth-order valence-corrected chi connectivity index (χ4v) is 2.80. The van der Waals surface area contributed by atoms with Gasteiger partial charge in [0.1, 0.15) is 16.1 Å². The highest BCUT2D eigenvalue weighted by Crippen LogP contribution is 1.95. The first kappa shape index (κ1) is 14.8. The van der Waals surface area contributed by atoms with Crippen LogP contribution in [-0.4, -0.2) is 57.6 Å². The van der Waals surface area contributed by atoms with Crippen LogP contribution in [0.25, 0.3) is 0 Å². The molecule has 7 nitrogen and oxygen atoms in total. The summed E-state index contributed by atoms with van der Waals surface area (Å²) in [4.78, 5) is 0. The lowest BCUT2D eigenvalue weighted by Crippen LogP contribution is -2.38. The SMILES string of the molecule is CS(=O)(=O)CCCS(=O)(=O)NC(O)CO. The van der Waals surface area contributed by atoms with E-state index in [1.54, 1.807) is 4.72 Å². The van der Waals surface area contributed by atoms with Gasteiger partial charge in [-0.25, -0.2) is 16.8 Å². The number of sulfone groups is 1. The number of sulfonamides is 1. The van der Waals surface area contributed by atoms with Crippen molar-refractivity contribution < 1.29 is 27.0 Å². The van der Waals surface area contributed by atoms with Crippen molar-refractivity contribution in [3.05, 3.63) is 0 Å². The quantitative estimate of drug-likeness (QED) is 0.441. The van der Waals surface area contributed by atoms with Crippen LogP contribution >= 0.6 is 0 Å². The molecule has 1 atom stereocenters. The van der Waals surface area contributed by atoms with Gasteiger partial charge in [-0.3, -0.25) is 0 Å². The largest absolute Gasteiger partial charge is 0.392 e. The molecule has 0 aliphatic rings. The fraction of sp³-hybridized carbons (Fsp3) is 1.00. The minimum absolute atomic E-state index is 0.0493. The molecule has 3 N–H and O–H groups in total. The number of hydrogen-bond acceptors (Lipinski definition) is 6. The van der Waals surface area contributed by atoms with Crippen LogP contribution in [0.15, 0.2) is 0 Å². The summed E-state index contributed by atoms with van der Waals surface area (Å²) < 4.78 is 45.4. The Balaban J connectivity index is 4.07. The zero-order valence-electron chi connectivity index (χ0n) is 8.25. The molecule has 0 amide bonds. The normalized spacial score (nSPS) is 15.1. The van der Waals surface area contributed by atoms with E-state index >= 15 is 0 Å². The van der Waals surface area contributed by atoms with Gasteiger partial charge in [0.05, 0.1) is 18.1 Å². The molecule has 0 bridgehead atoms. The maximum atomic E-state index is 11.1. The lowest BCUT2D eigenvalue weighted by molar-refractivity contribution is 0.0868. The minimum atomic E-state index is -3.74. The molecule has 9 heteroatoms. The summed E-state index contributed by atoms with van der Waals surface area (Å²) in [5, 5.41) is 17.2. The van der Waals surface area contributed by atoms with Crippen molar-refractivity contribution >= 4 is 19.9 Å². The Morgan fingerprint density at radius 2 is 1.73 bits per heavy atom. The topological polar surface area (TPSA) is 121 Å². The van der Waals surface area contributed by atoms with Gasteiger partial charge >= 0.3 is 0 Å². The average Bonchev–Trinajstić information content (AvgIpc) is 2.00. The van der Waals surface area contributed by atoms with Crippen LogP contribution in [0.4, 0.5) is 0 Å². The van der Waals surface area contributed by atoms with Crippen molar-refractivity contribution in [2.45, 2.75) is 12.6 Å². The Kier molecular flexibility index (Phi) is 5.67. The van der Waals surface area contributed by atoms with Crippen LogP contribution in [0.3, 0.4) is 0 Å². The molecule has 0 aliphatic heterocycles. The molecule has 0 saturated heterocycles. The van der Waals surface area contributed by atoms with Gasteiger partial charge in [-0.1, -0.05) is 0 Å². The number of aliphatic hydroxyl groups excluding tert-OH is 2. The van der Waals surface area contributed by atoms with Gasteiger partial charge in [-0.15, -0.1) is 0 Å². The predicted molar refractivity (Wildman–Crippen MR) is 54.3 cm³/mol. The lowest BCUT2D eigenvalue weighted by atomic mass is 10.6. The van der Waals surface area contributed by atoms with Gasteiger partial charge in [0.15, 0.2) is 0 Å². The summed E-state index contributed by atoms with van der Waals surface area (Å²) in [6.07, 6.45) is -0.588. The van der Waals surface area contributed by atoms with Gasteiger partial charge in [0.25, 0.3) is 0 Å². The molecule has 0 aromatic heterocycles. The maximum absolute atomic E-state index is 11.1. The van der Waals surface area contributed by atoms with Gasteiger partial charge < -0.3 is 10.2 Å². The second-order valence-corrected chi connectivity index (χ2v) is 7.25. The summed E-state index contributed by atoms with van der Waals surface area (Å²) in [7, 11) is -6.92. The van der Waals surface area contributed by atoms with Crippen LogP contribution in [0, 0.1) is 0 Å². The van der Waals surface area contributed by atoms with Crippen LogP contribution in [-0.2, 0) is 19.9 Å². The second kappa shape index (κ2) is 5.75. The third-order valence-corrected chi connectivity index (χ3v) is 3.90. The molecule has 92 valence electrons. The molecule has 15 heavy (non-hydrogen) atoms. The maximum Gasteiger partial charge on any atom is 0.213 e. The van der Waals surface area contributed by atoms with Gasteiger partial charge in [-0.2, -0.15) is 4.72 Å². The predicted octanol–water partition coefficient (Wildman–Crippen LogP) is -2.35. The first-order chi connectivity index (χ1) is 6.66. The molecule has 0 spiro atoms. The smallest absolute Gasteiger partial charge is 0.213 e. The Morgan fingerprint density at radius 1 is 1.20 bits per heavy atom. The van der Waals surface area contributed by atoms with Crippen LogP contribution < -0.4 is 4.72 Å². The van der Waals surface area contributed by atoms with Crippen molar-refractivity contribution in [2.24, 2.45) is 0 Å². The minimum Gasteiger partial charge on any atom is -0.392 e. The van der Waals surface area contributed by atoms with Crippen LogP contribution in [0.2, 0.25) is 0 Å². The van der Waals surface area contributed by atoms with Gasteiger partial charge in [-0.05, 0) is 6.42 Å². The Hall–Kier alpha value is -0.220. The Labute approximate surface area is 89.1 Å². The third kappa shape index (κ3) is 8.75. The number of nitrogens with one attached hydrogen (secondary N) is 1. The molecule has 0 saturated carbocycles. The van der Waals surface area contributed by atoms with Crippen molar-refractivity contribution in [2.75, 3.05) is 24.4 Å². The van der Waals surface area contributed by atoms with Crippen molar-refractivity contribution in [3.8, 4) is 0 Å². The number of aliphatic hydroxyl groups is 2. The highest BCUT2D eigenvalue weighted by atomic mass is 32.2. The van der Waals surface area contributed by atoms with E-state index in [1.165, 1.54) is 0 Å². The molecule has 0 heterocycles. The van der Waals surface area contributed by atoms with E-state index in [-0.39, 0.29) is 12.2 Å². The standard InChI is InChI=1S/C6H15NO6S2/c1-14(10,11)3-2-4-15(12,13)7-6(9)5-8/h6-9H,2-5H2,1H3. The molecule has 0 rings (SSSR count). The first-order valence-electron chi connectivity index (χ1n) is 4.13. The van der Waals surface area contributed by atoms with E-state index < -0.39 is 38.4 Å². The molecule has 1 unspecified atom stereocenters. The van der Waals surface area contributed by atoms with Crippen LogP contribution in [0.5, 0.6) is 0 Å². The Morgan fingerprint density at radius 3 is 2.13 bits per heavy atom. The van der Waals surface area contributed by atoms with Crippen molar-refractivity contribution in [3.63, 3.8) is 0 Å². The van der Waals surface area contributed by atoms with Gasteiger partial charge in [0, 0.05) is 6.26 Å². The fourth-order valence-electron chi connectivity index (χ4n) is 0.815. The summed E-state index contributed by atoms with van der Waals surface area (Å²) in [5.74, 6) is -0.639. The Bertz CT molecular complexity index is 372. The van der Waals surface area contributed by atoms with Gasteiger partial charge in [0.2, 0.25) is 10.0 Å². The molecule has 0 aliphatic carbocycles. The second-order valence-electron chi connectivity index (χ2n) is 3.12. The summed E-state index contributed by atoms with van der Waals surface area (Å²) >= 11 is 0. The zero-order valence-corrected chi connectivity index (χ0v) is 9.88. The van der Waals surface area contributed by atoms with Crippen molar-refractivity contribution in [1.82, 2.24) is 4.72 Å². The monoisotopic (exact) mass is 261 g/mol. The number of rotatable bonds is 7. The molecule has 0 aromatic carbocycles. The van der Waals surface area contributed by atoms with E-state index in [2.05, 4.69) is 0 Å². The lowest BCUT2D eigenvalue weighted by Gasteiger charge is -2.09. The van der Waals surface area contributed by atoms with E-state index in [0.717, 1.165) is 6.26 Å². The summed E-state index contributed by atoms with van der Waals surface area (Å²) in [5.41, 5.74) is 0. The van der Waals surface area contributed by atoms with E-state index in [0.29, 0.717) is 0 Å². The van der Waals surface area contributed by atoms with Crippen molar-refractivity contribution in [1.29, 1.82) is 0 Å². The summed E-state index contributed by atoms with van der Waals surface area (Å²) in [6.45, 7) is -0.731. The number of hydrogen-bond donors (Lipinski definition) is 3. The third-order valence-electron chi connectivity index (χ3n) is 1.42. The highest BCUT2D eigenvalue weighted by Gasteiger charge is 2.15. The molecule has 0 radical (unpaired) electrons. The molecule has 0 aromatic rings. The van der Waals surface area contributed by atoms with E-state index in [1.807, 2.05) is 0 Å². The zero-order chi connectivity index (χ0) is 12.1. The molecule has 0 fully saturated rings. The average molecular weight is 261 g/mol. The van der Waals surface area contributed by atoms with E-state index in [4.69, 9.17) is 10.2 Å². The van der Waals surface area contributed by atoms with E-state index in [9.17, 15) is 16.8 Å². The first-order valence-corrected chi connectivity index (χ1v) is 7.84. The molecular formula is C6H15NO6S2. The highest BCUT2D eigenvalue weighted by molar-refractivity contribution is 7.91. The summed E-state index contributed by atoms with van der Waals surface area (Å²) in [6, 6.07) is 0. The van der Waals surface area contributed by atoms with Crippen LogP contribution in [0.1, 0.15) is 6.42 Å². The molecular weight excluding hydrogens is 246 g/mol.